The van der Waals surface area contributed by atoms with E-state index >= 15 is 0 Å². The fraction of sp³-hybridized carbons (Fsp3) is 0.615. The van der Waals surface area contributed by atoms with Gasteiger partial charge in [0.15, 0.2) is 0 Å². The minimum atomic E-state index is -3.57. The first kappa shape index (κ1) is 16.5. The molecule has 0 aromatic carbocycles. The van der Waals surface area contributed by atoms with Crippen molar-refractivity contribution in [3.63, 3.8) is 0 Å². The Kier molecular flexibility index (Phi) is 5.43. The van der Waals surface area contributed by atoms with E-state index in [0.29, 0.717) is 31.5 Å². The van der Waals surface area contributed by atoms with Crippen molar-refractivity contribution in [2.24, 2.45) is 5.92 Å². The molecule has 0 amide bonds. The second kappa shape index (κ2) is 6.91. The number of nitrogens with zero attached hydrogens (tertiary/aromatic N) is 2. The number of pyridine rings is 1. The second-order valence-electron chi connectivity index (χ2n) is 5.09. The fourth-order valence-corrected chi connectivity index (χ4v) is 3.86. The van der Waals surface area contributed by atoms with Gasteiger partial charge in [0.05, 0.1) is 5.02 Å². The van der Waals surface area contributed by atoms with E-state index in [1.807, 2.05) is 0 Å². The summed E-state index contributed by atoms with van der Waals surface area (Å²) in [7, 11) is -0.300. The SMILES string of the molecule is CNc1ncc(S(=O)(=O)N(C)CC2CCOCC2)cc1Cl. The molecular weight excluding hydrogens is 314 g/mol. The number of sulfonamides is 1. The van der Waals surface area contributed by atoms with Gasteiger partial charge in [0, 0.05) is 40.1 Å². The zero-order valence-electron chi connectivity index (χ0n) is 12.2. The van der Waals surface area contributed by atoms with Crippen LogP contribution in [0.1, 0.15) is 12.8 Å². The van der Waals surface area contributed by atoms with Crippen molar-refractivity contribution in [2.45, 2.75) is 17.7 Å². The van der Waals surface area contributed by atoms with Gasteiger partial charge in [0.2, 0.25) is 10.0 Å². The van der Waals surface area contributed by atoms with Gasteiger partial charge in [0.1, 0.15) is 10.7 Å². The molecule has 0 aliphatic carbocycles. The molecule has 8 heteroatoms. The van der Waals surface area contributed by atoms with Crippen LogP contribution in [0.4, 0.5) is 5.82 Å². The van der Waals surface area contributed by atoms with Crippen molar-refractivity contribution in [3.05, 3.63) is 17.3 Å². The Bertz CT molecular complexity index is 588. The first-order valence-electron chi connectivity index (χ1n) is 6.82. The number of rotatable bonds is 5. The topological polar surface area (TPSA) is 71.5 Å². The molecule has 1 aliphatic rings. The van der Waals surface area contributed by atoms with Crippen LogP contribution in [-0.2, 0) is 14.8 Å². The molecule has 1 N–H and O–H groups in total. The molecule has 21 heavy (non-hydrogen) atoms. The van der Waals surface area contributed by atoms with Gasteiger partial charge in [-0.2, -0.15) is 0 Å². The summed E-state index contributed by atoms with van der Waals surface area (Å²) in [4.78, 5) is 4.14. The predicted molar refractivity (Wildman–Crippen MR) is 82.2 cm³/mol. The van der Waals surface area contributed by atoms with E-state index in [1.165, 1.54) is 16.6 Å². The maximum Gasteiger partial charge on any atom is 0.244 e. The molecule has 0 bridgehead atoms. The summed E-state index contributed by atoms with van der Waals surface area (Å²) in [5, 5.41) is 3.09. The van der Waals surface area contributed by atoms with E-state index in [0.717, 1.165) is 12.8 Å². The van der Waals surface area contributed by atoms with Gasteiger partial charge in [-0.25, -0.2) is 17.7 Å². The Balaban J connectivity index is 2.14. The Morgan fingerprint density at radius 3 is 2.71 bits per heavy atom. The van der Waals surface area contributed by atoms with Crippen molar-refractivity contribution in [1.82, 2.24) is 9.29 Å². The average molecular weight is 334 g/mol. The van der Waals surface area contributed by atoms with Gasteiger partial charge < -0.3 is 10.1 Å². The van der Waals surface area contributed by atoms with Gasteiger partial charge in [-0.3, -0.25) is 0 Å². The van der Waals surface area contributed by atoms with Crippen molar-refractivity contribution in [2.75, 3.05) is 39.2 Å². The Morgan fingerprint density at radius 1 is 1.48 bits per heavy atom. The van der Waals surface area contributed by atoms with Crippen LogP contribution in [0.15, 0.2) is 17.2 Å². The smallest absolute Gasteiger partial charge is 0.244 e. The van der Waals surface area contributed by atoms with Gasteiger partial charge in [0.25, 0.3) is 0 Å². The number of ether oxygens (including phenoxy) is 1. The molecule has 1 saturated heterocycles. The number of halogens is 1. The molecule has 0 saturated carbocycles. The first-order valence-corrected chi connectivity index (χ1v) is 8.64. The van der Waals surface area contributed by atoms with Crippen LogP contribution in [0.3, 0.4) is 0 Å². The monoisotopic (exact) mass is 333 g/mol. The molecule has 1 fully saturated rings. The van der Waals surface area contributed by atoms with Crippen LogP contribution < -0.4 is 5.32 Å². The van der Waals surface area contributed by atoms with Crippen LogP contribution in [-0.4, -0.2) is 51.6 Å². The normalized spacial score (nSPS) is 17.1. The number of anilines is 1. The van der Waals surface area contributed by atoms with Gasteiger partial charge in [-0.05, 0) is 24.8 Å². The van der Waals surface area contributed by atoms with Crippen LogP contribution in [0.25, 0.3) is 0 Å². The standard InChI is InChI=1S/C13H20ClN3O3S/c1-15-13-12(14)7-11(8-16-13)21(18,19)17(2)9-10-3-5-20-6-4-10/h7-8,10H,3-6,9H2,1-2H3,(H,15,16). The van der Waals surface area contributed by atoms with Crippen LogP contribution in [0.5, 0.6) is 0 Å². The fourth-order valence-electron chi connectivity index (χ4n) is 2.32. The third-order valence-corrected chi connectivity index (χ3v) is 5.69. The number of hydrogen-bond donors (Lipinski definition) is 1. The van der Waals surface area contributed by atoms with E-state index in [-0.39, 0.29) is 9.92 Å². The molecule has 0 unspecified atom stereocenters. The third kappa shape index (κ3) is 3.85. The van der Waals surface area contributed by atoms with E-state index in [4.69, 9.17) is 16.3 Å². The van der Waals surface area contributed by atoms with Crippen molar-refractivity contribution >= 4 is 27.4 Å². The highest BCUT2D eigenvalue weighted by atomic mass is 35.5. The molecule has 118 valence electrons. The average Bonchev–Trinajstić information content (AvgIpc) is 2.48. The van der Waals surface area contributed by atoms with Crippen molar-refractivity contribution in [3.8, 4) is 0 Å². The summed E-state index contributed by atoms with van der Waals surface area (Å²) in [6, 6.07) is 1.43. The largest absolute Gasteiger partial charge is 0.381 e. The van der Waals surface area contributed by atoms with E-state index in [9.17, 15) is 8.42 Å². The zero-order chi connectivity index (χ0) is 15.5. The number of aromatic nitrogens is 1. The molecule has 1 aromatic heterocycles. The Hall–Kier alpha value is -0.890. The molecule has 2 heterocycles. The molecule has 1 aliphatic heterocycles. The number of nitrogens with one attached hydrogen (secondary N) is 1. The zero-order valence-corrected chi connectivity index (χ0v) is 13.7. The summed E-state index contributed by atoms with van der Waals surface area (Å²) < 4.78 is 31.7. The maximum absolute atomic E-state index is 12.5. The Labute approximate surface area is 130 Å². The molecule has 2 rings (SSSR count). The van der Waals surface area contributed by atoms with Crippen molar-refractivity contribution in [1.29, 1.82) is 0 Å². The minimum Gasteiger partial charge on any atom is -0.381 e. The molecule has 1 aromatic rings. The molecular formula is C13H20ClN3O3S. The lowest BCUT2D eigenvalue weighted by atomic mass is 10.0. The highest BCUT2D eigenvalue weighted by Gasteiger charge is 2.26. The summed E-state index contributed by atoms with van der Waals surface area (Å²) in [6.45, 7) is 1.88. The highest BCUT2D eigenvalue weighted by molar-refractivity contribution is 7.89. The quantitative estimate of drug-likeness (QED) is 0.890. The van der Waals surface area contributed by atoms with Gasteiger partial charge >= 0.3 is 0 Å². The minimum absolute atomic E-state index is 0.112. The Morgan fingerprint density at radius 2 is 2.14 bits per heavy atom. The molecule has 0 atom stereocenters. The molecule has 6 nitrogen and oxygen atoms in total. The first-order chi connectivity index (χ1) is 9.95. The molecule has 0 radical (unpaired) electrons. The predicted octanol–water partition coefficient (Wildman–Crippen LogP) is 1.82. The van der Waals surface area contributed by atoms with Crippen LogP contribution >= 0.6 is 11.6 Å². The van der Waals surface area contributed by atoms with Crippen molar-refractivity contribution < 1.29 is 13.2 Å². The summed E-state index contributed by atoms with van der Waals surface area (Å²) >= 11 is 6.01. The van der Waals surface area contributed by atoms with Gasteiger partial charge in [-0.1, -0.05) is 11.6 Å². The molecule has 0 spiro atoms. The van der Waals surface area contributed by atoms with Crippen LogP contribution in [0.2, 0.25) is 5.02 Å². The van der Waals surface area contributed by atoms with E-state index in [1.54, 1.807) is 14.1 Å². The van der Waals surface area contributed by atoms with E-state index in [2.05, 4.69) is 10.3 Å². The van der Waals surface area contributed by atoms with E-state index < -0.39 is 10.0 Å². The lowest BCUT2D eigenvalue weighted by molar-refractivity contribution is 0.0620. The summed E-state index contributed by atoms with van der Waals surface area (Å²) in [6.07, 6.45) is 3.10. The second-order valence-corrected chi connectivity index (χ2v) is 7.54. The van der Waals surface area contributed by atoms with Crippen LogP contribution in [0, 0.1) is 5.92 Å². The summed E-state index contributed by atoms with van der Waals surface area (Å²) in [5.74, 6) is 0.793. The lowest BCUT2D eigenvalue weighted by Crippen LogP contribution is -2.34. The maximum atomic E-state index is 12.5. The van der Waals surface area contributed by atoms with Gasteiger partial charge in [-0.15, -0.1) is 0 Å². The number of hydrogen-bond acceptors (Lipinski definition) is 5. The third-order valence-electron chi connectivity index (χ3n) is 3.62. The lowest BCUT2D eigenvalue weighted by Gasteiger charge is -2.26. The highest BCUT2D eigenvalue weighted by Crippen LogP contribution is 2.25. The summed E-state index contributed by atoms with van der Waals surface area (Å²) in [5.41, 5.74) is 0.